The fourth-order valence-electron chi connectivity index (χ4n) is 2.47. The lowest BCUT2D eigenvalue weighted by Gasteiger charge is -2.30. The van der Waals surface area contributed by atoms with Gasteiger partial charge in [-0.05, 0) is 18.6 Å². The highest BCUT2D eigenvalue weighted by Crippen LogP contribution is 2.23. The monoisotopic (exact) mass is 298 g/mol. The van der Waals surface area contributed by atoms with Crippen molar-refractivity contribution in [2.75, 3.05) is 14.2 Å². The van der Waals surface area contributed by atoms with E-state index < -0.39 is 5.54 Å². The van der Waals surface area contributed by atoms with E-state index in [1.165, 1.54) is 0 Å². The maximum Gasteiger partial charge on any atom is 0.247 e. The second kappa shape index (κ2) is 6.62. The van der Waals surface area contributed by atoms with Crippen LogP contribution in [0, 0.1) is 0 Å². The summed E-state index contributed by atoms with van der Waals surface area (Å²) in [5, 5.41) is 0. The van der Waals surface area contributed by atoms with Crippen molar-refractivity contribution in [3.8, 4) is 5.75 Å². The summed E-state index contributed by atoms with van der Waals surface area (Å²) >= 11 is 0. The number of carbonyl (C=O) groups is 1. The van der Waals surface area contributed by atoms with Crippen molar-refractivity contribution < 1.29 is 9.53 Å². The summed E-state index contributed by atoms with van der Waals surface area (Å²) in [4.78, 5) is 14.4. The van der Waals surface area contributed by atoms with E-state index in [-0.39, 0.29) is 5.91 Å². The van der Waals surface area contributed by atoms with Crippen molar-refractivity contribution in [1.29, 1.82) is 0 Å². The van der Waals surface area contributed by atoms with E-state index in [9.17, 15) is 4.79 Å². The van der Waals surface area contributed by atoms with Gasteiger partial charge in [0.2, 0.25) is 5.91 Å². The zero-order chi connectivity index (χ0) is 16.2. The SMILES string of the molecule is COc1ccccc1CN(C)C(=O)C(C)(N)c1ccccc1. The van der Waals surface area contributed by atoms with E-state index in [2.05, 4.69) is 0 Å². The molecule has 0 aliphatic rings. The minimum Gasteiger partial charge on any atom is -0.496 e. The lowest BCUT2D eigenvalue weighted by molar-refractivity contribution is -0.136. The van der Waals surface area contributed by atoms with Gasteiger partial charge < -0.3 is 15.4 Å². The third-order valence-corrected chi connectivity index (χ3v) is 3.76. The van der Waals surface area contributed by atoms with Crippen LogP contribution in [0.1, 0.15) is 18.1 Å². The van der Waals surface area contributed by atoms with Crippen LogP contribution in [0.4, 0.5) is 0 Å². The van der Waals surface area contributed by atoms with Crippen LogP contribution in [-0.4, -0.2) is 25.0 Å². The van der Waals surface area contributed by atoms with Crippen LogP contribution in [0.25, 0.3) is 0 Å². The summed E-state index contributed by atoms with van der Waals surface area (Å²) in [6.45, 7) is 2.19. The molecule has 0 fully saturated rings. The first kappa shape index (κ1) is 16.0. The predicted octanol–water partition coefficient (Wildman–Crippen LogP) is 2.53. The van der Waals surface area contributed by atoms with E-state index in [0.717, 1.165) is 16.9 Å². The predicted molar refractivity (Wildman–Crippen MR) is 87.4 cm³/mol. The number of methoxy groups -OCH3 is 1. The molecule has 1 atom stereocenters. The third kappa shape index (κ3) is 3.28. The summed E-state index contributed by atoms with van der Waals surface area (Å²) in [5.41, 5.74) is 6.97. The topological polar surface area (TPSA) is 55.6 Å². The minimum absolute atomic E-state index is 0.135. The molecule has 2 N–H and O–H groups in total. The standard InChI is InChI=1S/C18H22N2O2/c1-18(19,15-10-5-4-6-11-15)17(21)20(2)13-14-9-7-8-12-16(14)22-3/h4-12H,13,19H2,1-3H3. The number of hydrogen-bond acceptors (Lipinski definition) is 3. The van der Waals surface area contributed by atoms with E-state index >= 15 is 0 Å². The average Bonchev–Trinajstić information content (AvgIpc) is 2.55. The molecule has 0 saturated carbocycles. The van der Waals surface area contributed by atoms with Crippen LogP contribution in [-0.2, 0) is 16.9 Å². The molecule has 0 aliphatic heterocycles. The first-order valence-electron chi connectivity index (χ1n) is 7.18. The molecule has 1 amide bonds. The van der Waals surface area contributed by atoms with Gasteiger partial charge in [0, 0.05) is 19.2 Å². The number of carbonyl (C=O) groups excluding carboxylic acids is 1. The van der Waals surface area contributed by atoms with Gasteiger partial charge in [-0.15, -0.1) is 0 Å². The number of likely N-dealkylation sites (N-methyl/N-ethyl adjacent to an activating group) is 1. The lowest BCUT2D eigenvalue weighted by atomic mass is 9.91. The summed E-state index contributed by atoms with van der Waals surface area (Å²) in [6, 6.07) is 17.1. The maximum atomic E-state index is 12.7. The number of benzene rings is 2. The van der Waals surface area contributed by atoms with Gasteiger partial charge in [-0.25, -0.2) is 0 Å². The van der Waals surface area contributed by atoms with Crippen LogP contribution < -0.4 is 10.5 Å². The van der Waals surface area contributed by atoms with E-state index in [0.29, 0.717) is 6.54 Å². The number of amides is 1. The number of nitrogens with two attached hydrogens (primary N) is 1. The van der Waals surface area contributed by atoms with E-state index in [4.69, 9.17) is 10.5 Å². The highest BCUT2D eigenvalue weighted by molar-refractivity contribution is 5.86. The largest absolute Gasteiger partial charge is 0.496 e. The Morgan fingerprint density at radius 3 is 2.36 bits per heavy atom. The third-order valence-electron chi connectivity index (χ3n) is 3.76. The van der Waals surface area contributed by atoms with Crippen molar-refractivity contribution in [3.63, 3.8) is 0 Å². The van der Waals surface area contributed by atoms with Crippen molar-refractivity contribution in [2.45, 2.75) is 19.0 Å². The number of nitrogens with zero attached hydrogens (tertiary/aromatic N) is 1. The summed E-state index contributed by atoms with van der Waals surface area (Å²) in [7, 11) is 3.38. The van der Waals surface area contributed by atoms with Gasteiger partial charge in [-0.3, -0.25) is 4.79 Å². The number of ether oxygens (including phenoxy) is 1. The first-order valence-corrected chi connectivity index (χ1v) is 7.18. The van der Waals surface area contributed by atoms with E-state index in [1.807, 2.05) is 54.6 Å². The Morgan fingerprint density at radius 1 is 1.14 bits per heavy atom. The molecular formula is C18H22N2O2. The molecule has 116 valence electrons. The second-order valence-electron chi connectivity index (χ2n) is 5.54. The van der Waals surface area contributed by atoms with Crippen molar-refractivity contribution in [2.24, 2.45) is 5.73 Å². The molecule has 0 aliphatic carbocycles. The Hall–Kier alpha value is -2.33. The van der Waals surface area contributed by atoms with Gasteiger partial charge in [-0.2, -0.15) is 0 Å². The first-order chi connectivity index (χ1) is 10.5. The van der Waals surface area contributed by atoms with Crippen LogP contribution in [0.15, 0.2) is 54.6 Å². The Bertz CT molecular complexity index is 639. The lowest BCUT2D eigenvalue weighted by Crippen LogP contribution is -2.49. The molecule has 4 nitrogen and oxygen atoms in total. The molecule has 0 radical (unpaired) electrons. The molecule has 0 heterocycles. The zero-order valence-electron chi connectivity index (χ0n) is 13.2. The fraction of sp³-hybridized carbons (Fsp3) is 0.278. The normalized spacial score (nSPS) is 13.3. The smallest absolute Gasteiger partial charge is 0.247 e. The van der Waals surface area contributed by atoms with Crippen LogP contribution >= 0.6 is 0 Å². The Balaban J connectivity index is 2.18. The van der Waals surface area contributed by atoms with Crippen molar-refractivity contribution >= 4 is 5.91 Å². The average molecular weight is 298 g/mol. The van der Waals surface area contributed by atoms with Crippen LogP contribution in [0.5, 0.6) is 5.75 Å². The Kier molecular flexibility index (Phi) is 4.83. The molecule has 1 unspecified atom stereocenters. The Morgan fingerprint density at radius 2 is 1.73 bits per heavy atom. The number of rotatable bonds is 5. The molecule has 0 bridgehead atoms. The summed E-state index contributed by atoms with van der Waals surface area (Å²) in [6.07, 6.45) is 0. The number of para-hydroxylation sites is 1. The molecule has 0 aromatic heterocycles. The fourth-order valence-corrected chi connectivity index (χ4v) is 2.47. The van der Waals surface area contributed by atoms with Gasteiger partial charge in [-0.1, -0.05) is 48.5 Å². The second-order valence-corrected chi connectivity index (χ2v) is 5.54. The molecule has 22 heavy (non-hydrogen) atoms. The molecular weight excluding hydrogens is 276 g/mol. The Labute approximate surface area is 131 Å². The molecule has 0 spiro atoms. The van der Waals surface area contributed by atoms with Gasteiger partial charge in [0.25, 0.3) is 0 Å². The molecule has 2 aromatic carbocycles. The van der Waals surface area contributed by atoms with Crippen LogP contribution in [0.2, 0.25) is 0 Å². The van der Waals surface area contributed by atoms with Crippen molar-refractivity contribution in [3.05, 3.63) is 65.7 Å². The van der Waals surface area contributed by atoms with Gasteiger partial charge in [0.15, 0.2) is 0 Å². The molecule has 2 aromatic rings. The minimum atomic E-state index is -1.06. The summed E-state index contributed by atoms with van der Waals surface area (Å²) in [5.74, 6) is 0.630. The highest BCUT2D eigenvalue weighted by Gasteiger charge is 2.33. The zero-order valence-corrected chi connectivity index (χ0v) is 13.2. The van der Waals surface area contributed by atoms with Gasteiger partial charge >= 0.3 is 0 Å². The van der Waals surface area contributed by atoms with Gasteiger partial charge in [0.1, 0.15) is 11.3 Å². The van der Waals surface area contributed by atoms with Crippen LogP contribution in [0.3, 0.4) is 0 Å². The summed E-state index contributed by atoms with van der Waals surface area (Å²) < 4.78 is 5.33. The van der Waals surface area contributed by atoms with E-state index in [1.54, 1.807) is 26.0 Å². The highest BCUT2D eigenvalue weighted by atomic mass is 16.5. The molecule has 0 saturated heterocycles. The van der Waals surface area contributed by atoms with Crippen molar-refractivity contribution in [1.82, 2.24) is 4.90 Å². The van der Waals surface area contributed by atoms with Gasteiger partial charge in [0.05, 0.1) is 7.11 Å². The quantitative estimate of drug-likeness (QED) is 0.923. The molecule has 4 heteroatoms. The number of hydrogen-bond donors (Lipinski definition) is 1. The molecule has 2 rings (SSSR count). The maximum absolute atomic E-state index is 12.7.